The van der Waals surface area contributed by atoms with Gasteiger partial charge in [0.2, 0.25) is 0 Å². The van der Waals surface area contributed by atoms with Gasteiger partial charge in [-0.2, -0.15) is 0 Å². The minimum atomic E-state index is -0.232. The zero-order valence-electron chi connectivity index (χ0n) is 17.4. The molecule has 0 fully saturated rings. The van der Waals surface area contributed by atoms with Crippen LogP contribution >= 0.6 is 11.3 Å². The Labute approximate surface area is 176 Å². The molecule has 0 unspecified atom stereocenters. The van der Waals surface area contributed by atoms with Gasteiger partial charge in [-0.25, -0.2) is 9.37 Å². The topological polar surface area (TPSA) is 33.2 Å². The van der Waals surface area contributed by atoms with Crippen molar-refractivity contribution >= 4 is 17.1 Å². The Bertz CT molecular complexity index is 956. The van der Waals surface area contributed by atoms with Gasteiger partial charge in [0.15, 0.2) is 5.78 Å². The van der Waals surface area contributed by atoms with Crippen LogP contribution in [0, 0.1) is 5.82 Å². The Kier molecular flexibility index (Phi) is 6.60. The van der Waals surface area contributed by atoms with Gasteiger partial charge in [0.25, 0.3) is 0 Å². The molecule has 0 N–H and O–H groups in total. The number of aromatic nitrogens is 1. The van der Waals surface area contributed by atoms with Crippen molar-refractivity contribution in [1.82, 2.24) is 9.88 Å². The van der Waals surface area contributed by atoms with Crippen LogP contribution in [0.1, 0.15) is 59.9 Å². The van der Waals surface area contributed by atoms with E-state index in [-0.39, 0.29) is 17.0 Å². The molecule has 3 rings (SSSR count). The number of hydrogen-bond acceptors (Lipinski definition) is 4. The van der Waals surface area contributed by atoms with Gasteiger partial charge in [-0.1, -0.05) is 57.2 Å². The number of nitrogens with zero attached hydrogens (tertiary/aromatic N) is 2. The summed E-state index contributed by atoms with van der Waals surface area (Å²) in [6.45, 7) is 10.2. The van der Waals surface area contributed by atoms with Crippen molar-refractivity contribution in [3.63, 3.8) is 0 Å². The van der Waals surface area contributed by atoms with Crippen LogP contribution in [0.5, 0.6) is 0 Å². The number of benzene rings is 2. The van der Waals surface area contributed by atoms with E-state index in [9.17, 15) is 9.18 Å². The van der Waals surface area contributed by atoms with Gasteiger partial charge in [0.1, 0.15) is 16.5 Å². The van der Waals surface area contributed by atoms with Gasteiger partial charge in [0.05, 0.1) is 6.54 Å². The number of carbonyl (C=O) groups excluding carboxylic acids is 1. The van der Waals surface area contributed by atoms with Gasteiger partial charge in [-0.15, -0.1) is 11.3 Å². The zero-order valence-corrected chi connectivity index (χ0v) is 18.2. The van der Waals surface area contributed by atoms with Crippen LogP contribution < -0.4 is 0 Å². The summed E-state index contributed by atoms with van der Waals surface area (Å²) in [4.78, 5) is 18.3. The highest BCUT2D eigenvalue weighted by Crippen LogP contribution is 2.23. The smallest absolute Gasteiger partial charge is 0.178 e. The highest BCUT2D eigenvalue weighted by Gasteiger charge is 2.15. The zero-order chi connectivity index (χ0) is 21.0. The third-order valence-corrected chi connectivity index (χ3v) is 5.65. The molecule has 2 aromatic carbocycles. The van der Waals surface area contributed by atoms with Crippen LogP contribution in [-0.2, 0) is 25.0 Å². The monoisotopic (exact) mass is 410 g/mol. The van der Waals surface area contributed by atoms with E-state index in [1.54, 1.807) is 0 Å². The van der Waals surface area contributed by atoms with Crippen molar-refractivity contribution in [3.8, 4) is 0 Å². The largest absolute Gasteiger partial charge is 0.293 e. The maximum Gasteiger partial charge on any atom is 0.178 e. The summed E-state index contributed by atoms with van der Waals surface area (Å²) >= 11 is 1.50. The van der Waals surface area contributed by atoms with Crippen molar-refractivity contribution in [2.45, 2.75) is 52.7 Å². The number of hydrogen-bond donors (Lipinski definition) is 0. The molecular weight excluding hydrogens is 383 g/mol. The van der Waals surface area contributed by atoms with Crippen molar-refractivity contribution < 1.29 is 9.18 Å². The molecule has 0 atom stereocenters. The molecule has 0 bridgehead atoms. The predicted molar refractivity (Wildman–Crippen MR) is 117 cm³/mol. The van der Waals surface area contributed by atoms with Crippen LogP contribution in [0.4, 0.5) is 4.39 Å². The van der Waals surface area contributed by atoms with Gasteiger partial charge < -0.3 is 0 Å². The van der Waals surface area contributed by atoms with Crippen LogP contribution in [0.15, 0.2) is 53.9 Å². The number of Topliss-reactive ketones (excluding diaryl/α,β-unsaturated/α-hetero) is 1. The molecule has 152 valence electrons. The Hall–Kier alpha value is -2.37. The van der Waals surface area contributed by atoms with E-state index in [1.807, 2.05) is 17.5 Å². The molecule has 0 aliphatic carbocycles. The summed E-state index contributed by atoms with van der Waals surface area (Å²) in [5, 5.41) is 2.72. The summed E-state index contributed by atoms with van der Waals surface area (Å²) < 4.78 is 13.3. The minimum absolute atomic E-state index is 0.0182. The number of ketones is 1. The predicted octanol–water partition coefficient (Wildman–Crippen LogP) is 5.98. The molecule has 5 heteroatoms. The number of rotatable bonds is 7. The van der Waals surface area contributed by atoms with E-state index in [4.69, 9.17) is 0 Å². The fourth-order valence-electron chi connectivity index (χ4n) is 3.12. The lowest BCUT2D eigenvalue weighted by molar-refractivity contribution is 0.101. The fourth-order valence-corrected chi connectivity index (χ4v) is 4.00. The molecular formula is C24H27FN2OS. The summed E-state index contributed by atoms with van der Waals surface area (Å²) in [5.41, 5.74) is 4.19. The third-order valence-electron chi connectivity index (χ3n) is 4.82. The van der Waals surface area contributed by atoms with Crippen LogP contribution in [0.3, 0.4) is 0 Å². The molecule has 1 heterocycles. The van der Waals surface area contributed by atoms with Gasteiger partial charge in [0, 0.05) is 25.4 Å². The molecule has 0 amide bonds. The summed E-state index contributed by atoms with van der Waals surface area (Å²) in [6.07, 6.45) is 0. The SMILES string of the molecule is CC(=O)c1csc(CN(Cc2ccc(F)cc2)Cc2ccc(C(C)(C)C)cc2)n1. The van der Waals surface area contributed by atoms with Gasteiger partial charge in [-0.3, -0.25) is 9.69 Å². The summed E-state index contributed by atoms with van der Waals surface area (Å²) in [7, 11) is 0. The maximum absolute atomic E-state index is 13.3. The van der Waals surface area contributed by atoms with E-state index in [1.165, 1.54) is 41.5 Å². The van der Waals surface area contributed by atoms with Gasteiger partial charge in [-0.05, 0) is 34.2 Å². The first-order chi connectivity index (χ1) is 13.7. The highest BCUT2D eigenvalue weighted by atomic mass is 32.1. The fraction of sp³-hybridized carbons (Fsp3) is 0.333. The quantitative estimate of drug-likeness (QED) is 0.449. The van der Waals surface area contributed by atoms with Crippen molar-refractivity contribution in [2.75, 3.05) is 0 Å². The first-order valence-corrected chi connectivity index (χ1v) is 10.6. The molecule has 0 spiro atoms. The lowest BCUT2D eigenvalue weighted by atomic mass is 9.87. The van der Waals surface area contributed by atoms with E-state index >= 15 is 0 Å². The third kappa shape index (κ3) is 6.05. The standard InChI is InChI=1S/C24H27FN2OS/c1-17(28)22-16-29-23(26-22)15-27(14-19-7-11-21(25)12-8-19)13-18-5-9-20(10-6-18)24(2,3)4/h5-12,16H,13-15H2,1-4H3. The molecule has 1 aromatic heterocycles. The summed E-state index contributed by atoms with van der Waals surface area (Å²) in [5.74, 6) is -0.251. The normalized spacial score (nSPS) is 11.8. The average Bonchev–Trinajstić information content (AvgIpc) is 3.12. The molecule has 0 aliphatic heterocycles. The Morgan fingerprint density at radius 3 is 2.00 bits per heavy atom. The van der Waals surface area contributed by atoms with E-state index in [2.05, 4.69) is 54.9 Å². The van der Waals surface area contributed by atoms with Crippen molar-refractivity contribution in [3.05, 3.63) is 87.1 Å². The molecule has 0 aliphatic rings. The average molecular weight is 411 g/mol. The number of thiazole rings is 1. The van der Waals surface area contributed by atoms with Gasteiger partial charge >= 0.3 is 0 Å². The minimum Gasteiger partial charge on any atom is -0.293 e. The molecule has 29 heavy (non-hydrogen) atoms. The second kappa shape index (κ2) is 8.97. The van der Waals surface area contributed by atoms with E-state index in [0.717, 1.165) is 17.1 Å². The van der Waals surface area contributed by atoms with Crippen LogP contribution in [-0.4, -0.2) is 15.7 Å². The van der Waals surface area contributed by atoms with E-state index < -0.39 is 0 Å². The van der Waals surface area contributed by atoms with Crippen molar-refractivity contribution in [2.24, 2.45) is 0 Å². The second-order valence-electron chi connectivity index (χ2n) is 8.40. The molecule has 3 aromatic rings. The Morgan fingerprint density at radius 1 is 0.966 bits per heavy atom. The first kappa shape index (κ1) is 21.3. The lowest BCUT2D eigenvalue weighted by Gasteiger charge is -2.23. The maximum atomic E-state index is 13.3. The van der Waals surface area contributed by atoms with Crippen LogP contribution in [0.2, 0.25) is 0 Å². The number of halogens is 1. The molecule has 3 nitrogen and oxygen atoms in total. The molecule has 0 saturated carbocycles. The molecule has 0 saturated heterocycles. The Balaban J connectivity index is 1.79. The summed E-state index contributed by atoms with van der Waals surface area (Å²) in [6, 6.07) is 15.3. The van der Waals surface area contributed by atoms with Crippen LogP contribution in [0.25, 0.3) is 0 Å². The lowest BCUT2D eigenvalue weighted by Crippen LogP contribution is -2.22. The van der Waals surface area contributed by atoms with Crippen molar-refractivity contribution in [1.29, 1.82) is 0 Å². The second-order valence-corrected chi connectivity index (χ2v) is 9.34. The first-order valence-electron chi connectivity index (χ1n) is 9.72. The van der Waals surface area contributed by atoms with E-state index in [0.29, 0.717) is 18.8 Å². The highest BCUT2D eigenvalue weighted by molar-refractivity contribution is 7.09. The number of carbonyl (C=O) groups is 1. The molecule has 0 radical (unpaired) electrons. The Morgan fingerprint density at radius 2 is 1.52 bits per heavy atom.